The van der Waals surface area contributed by atoms with Crippen molar-refractivity contribution in [1.82, 2.24) is 0 Å². The molecule has 0 radical (unpaired) electrons. The fourth-order valence-electron chi connectivity index (χ4n) is 5.62. The molecule has 1 aromatic carbocycles. The summed E-state index contributed by atoms with van der Waals surface area (Å²) in [7, 11) is 0. The minimum atomic E-state index is -0.270. The van der Waals surface area contributed by atoms with E-state index in [1.807, 2.05) is 12.1 Å². The minimum absolute atomic E-state index is 0.0430. The topological polar surface area (TPSA) is 26.3 Å². The maximum absolute atomic E-state index is 13.1. The molecule has 0 aliphatic heterocycles. The van der Waals surface area contributed by atoms with Gasteiger partial charge in [0.1, 0.15) is 5.75 Å². The fraction of sp³-hybridized carbons (Fsp3) is 0.741. The third kappa shape index (κ3) is 5.81. The lowest BCUT2D eigenvalue weighted by atomic mass is 9.52. The zero-order valence-electron chi connectivity index (χ0n) is 19.2. The van der Waals surface area contributed by atoms with Crippen molar-refractivity contribution in [1.29, 1.82) is 0 Å². The second kappa shape index (κ2) is 11.0. The van der Waals surface area contributed by atoms with Gasteiger partial charge in [-0.3, -0.25) is 4.79 Å². The van der Waals surface area contributed by atoms with Crippen molar-refractivity contribution in [2.75, 3.05) is 0 Å². The molecule has 0 atom stereocenters. The Bertz CT molecular complexity index is 672. The summed E-state index contributed by atoms with van der Waals surface area (Å²) in [5.41, 5.74) is 1.48. The van der Waals surface area contributed by atoms with E-state index in [0.29, 0.717) is 16.2 Å². The molecule has 3 heteroatoms. The van der Waals surface area contributed by atoms with Crippen LogP contribution in [-0.4, -0.2) is 5.97 Å². The predicted octanol–water partition coefficient (Wildman–Crippen LogP) is 8.68. The zero-order valence-corrected chi connectivity index (χ0v) is 20.0. The molecule has 0 amide bonds. The van der Waals surface area contributed by atoms with Gasteiger partial charge in [0.15, 0.2) is 0 Å². The maximum Gasteiger partial charge on any atom is 0.317 e. The Kier molecular flexibility index (Phi) is 8.69. The van der Waals surface area contributed by atoms with Gasteiger partial charge < -0.3 is 4.74 Å². The van der Waals surface area contributed by atoms with Crippen LogP contribution in [0, 0.1) is 10.8 Å². The average Bonchev–Trinajstić information content (AvgIpc) is 2.77. The molecule has 3 saturated carbocycles. The summed E-state index contributed by atoms with van der Waals surface area (Å²) in [5.74, 6) is 0.495. The molecule has 0 heterocycles. The number of rotatable bonds is 12. The van der Waals surface area contributed by atoms with E-state index < -0.39 is 0 Å². The minimum Gasteiger partial charge on any atom is -0.425 e. The fourth-order valence-corrected chi connectivity index (χ4v) is 5.86. The van der Waals surface area contributed by atoms with Crippen molar-refractivity contribution in [2.45, 2.75) is 117 Å². The Morgan fingerprint density at radius 1 is 0.900 bits per heavy atom. The van der Waals surface area contributed by atoms with Crippen molar-refractivity contribution in [3.05, 3.63) is 28.8 Å². The first-order valence-electron chi connectivity index (χ1n) is 12.5. The van der Waals surface area contributed by atoms with Crippen LogP contribution in [0.3, 0.4) is 0 Å². The van der Waals surface area contributed by atoms with Gasteiger partial charge >= 0.3 is 5.97 Å². The van der Waals surface area contributed by atoms with Gasteiger partial charge in [-0.25, -0.2) is 0 Å². The molecular formula is C27H41ClO2. The molecule has 4 rings (SSSR count). The highest BCUT2D eigenvalue weighted by molar-refractivity contribution is 6.32. The highest BCUT2D eigenvalue weighted by atomic mass is 35.5. The number of halogens is 1. The number of benzene rings is 1. The number of ether oxygens (including phenoxy) is 1. The number of hydrogen-bond acceptors (Lipinski definition) is 2. The lowest BCUT2D eigenvalue weighted by molar-refractivity contribution is -0.156. The van der Waals surface area contributed by atoms with Crippen molar-refractivity contribution < 1.29 is 9.53 Å². The lowest BCUT2D eigenvalue weighted by Crippen LogP contribution is -2.47. The van der Waals surface area contributed by atoms with Crippen LogP contribution in [0.25, 0.3) is 0 Å². The molecule has 0 unspecified atom stereocenters. The summed E-state index contributed by atoms with van der Waals surface area (Å²) < 4.78 is 5.88. The SMILES string of the molecule is CCCCCCCc1ccc(OC(=O)C23CCC(CCCCC)(CC2)CC3)c(Cl)c1. The molecule has 1 aromatic rings. The highest BCUT2D eigenvalue weighted by Gasteiger charge is 2.52. The summed E-state index contributed by atoms with van der Waals surface area (Å²) in [5, 5.41) is 0.575. The molecule has 168 valence electrons. The monoisotopic (exact) mass is 432 g/mol. The van der Waals surface area contributed by atoms with Crippen molar-refractivity contribution in [3.8, 4) is 5.75 Å². The first-order chi connectivity index (χ1) is 14.5. The molecule has 0 N–H and O–H groups in total. The van der Waals surface area contributed by atoms with Gasteiger partial charge in [0.05, 0.1) is 10.4 Å². The van der Waals surface area contributed by atoms with Crippen LogP contribution < -0.4 is 4.74 Å². The van der Waals surface area contributed by atoms with Crippen LogP contribution in [0.1, 0.15) is 116 Å². The number of esters is 1. The van der Waals surface area contributed by atoms with Gasteiger partial charge in [0, 0.05) is 0 Å². The lowest BCUT2D eigenvalue weighted by Gasteiger charge is -2.52. The van der Waals surface area contributed by atoms with Crippen LogP contribution in [-0.2, 0) is 11.2 Å². The van der Waals surface area contributed by atoms with E-state index in [1.54, 1.807) is 0 Å². The Hall–Kier alpha value is -1.02. The van der Waals surface area contributed by atoms with Gasteiger partial charge in [-0.2, -0.15) is 0 Å². The number of carbonyl (C=O) groups is 1. The summed E-state index contributed by atoms with van der Waals surface area (Å²) >= 11 is 6.49. The second-order valence-corrected chi connectivity index (χ2v) is 10.5. The van der Waals surface area contributed by atoms with Gasteiger partial charge in [-0.05, 0) is 80.9 Å². The molecule has 2 bridgehead atoms. The normalized spacial score (nSPS) is 25.4. The van der Waals surface area contributed by atoms with E-state index in [0.717, 1.165) is 25.7 Å². The number of aryl methyl sites for hydroxylation is 1. The van der Waals surface area contributed by atoms with Crippen molar-refractivity contribution in [2.24, 2.45) is 10.8 Å². The maximum atomic E-state index is 13.1. The van der Waals surface area contributed by atoms with Crippen molar-refractivity contribution >= 4 is 17.6 Å². The van der Waals surface area contributed by atoms with E-state index in [9.17, 15) is 4.79 Å². The molecular weight excluding hydrogens is 392 g/mol. The van der Waals surface area contributed by atoms with E-state index >= 15 is 0 Å². The molecule has 2 nitrogen and oxygen atoms in total. The number of hydrogen-bond donors (Lipinski definition) is 0. The van der Waals surface area contributed by atoms with Crippen LogP contribution in [0.2, 0.25) is 5.02 Å². The van der Waals surface area contributed by atoms with E-state index in [-0.39, 0.29) is 11.4 Å². The molecule has 3 aliphatic carbocycles. The van der Waals surface area contributed by atoms with Crippen LogP contribution in [0.4, 0.5) is 0 Å². The molecule has 0 aromatic heterocycles. The second-order valence-electron chi connectivity index (χ2n) is 10.1. The van der Waals surface area contributed by atoms with Gasteiger partial charge in [0.25, 0.3) is 0 Å². The summed E-state index contributed by atoms with van der Waals surface area (Å²) in [6.07, 6.45) is 19.3. The third-order valence-corrected chi connectivity index (χ3v) is 8.21. The van der Waals surface area contributed by atoms with E-state index in [2.05, 4.69) is 19.9 Å². The van der Waals surface area contributed by atoms with Gasteiger partial charge in [0.2, 0.25) is 0 Å². The summed E-state index contributed by atoms with van der Waals surface area (Å²) in [6.45, 7) is 4.51. The quantitative estimate of drug-likeness (QED) is 0.187. The standard InChI is InChI=1S/C27H41ClO2/c1-3-5-7-8-9-11-22-12-13-24(23(28)21-22)30-25(29)27-18-15-26(16-19-27,17-20-27)14-10-6-4-2/h12-13,21H,3-11,14-20H2,1-2H3. The highest BCUT2D eigenvalue weighted by Crippen LogP contribution is 2.59. The largest absolute Gasteiger partial charge is 0.425 e. The third-order valence-electron chi connectivity index (χ3n) is 7.91. The Balaban J connectivity index is 1.51. The smallest absolute Gasteiger partial charge is 0.317 e. The van der Waals surface area contributed by atoms with Crippen LogP contribution >= 0.6 is 11.6 Å². The van der Waals surface area contributed by atoms with E-state index in [4.69, 9.17) is 16.3 Å². The number of fused-ring (bicyclic) bond motifs is 3. The zero-order chi connectivity index (χ0) is 21.5. The molecule has 3 aliphatic rings. The van der Waals surface area contributed by atoms with Crippen molar-refractivity contribution in [3.63, 3.8) is 0 Å². The molecule has 0 saturated heterocycles. The first kappa shape index (κ1) is 23.6. The summed E-state index contributed by atoms with van der Waals surface area (Å²) in [4.78, 5) is 13.1. The Morgan fingerprint density at radius 3 is 2.17 bits per heavy atom. The Morgan fingerprint density at radius 2 is 1.53 bits per heavy atom. The predicted molar refractivity (Wildman–Crippen MR) is 126 cm³/mol. The summed E-state index contributed by atoms with van der Waals surface area (Å²) in [6, 6.07) is 5.97. The Labute approximate surface area is 189 Å². The number of unbranched alkanes of at least 4 members (excludes halogenated alkanes) is 6. The number of carbonyl (C=O) groups excluding carboxylic acids is 1. The molecule has 0 spiro atoms. The van der Waals surface area contributed by atoms with Crippen LogP contribution in [0.5, 0.6) is 5.75 Å². The molecule has 30 heavy (non-hydrogen) atoms. The first-order valence-corrected chi connectivity index (χ1v) is 12.9. The van der Waals surface area contributed by atoms with Crippen LogP contribution in [0.15, 0.2) is 18.2 Å². The molecule has 3 fully saturated rings. The van der Waals surface area contributed by atoms with E-state index in [1.165, 1.54) is 82.6 Å². The van der Waals surface area contributed by atoms with Gasteiger partial charge in [-0.1, -0.05) is 76.5 Å². The van der Waals surface area contributed by atoms with Gasteiger partial charge in [-0.15, -0.1) is 0 Å². The average molecular weight is 433 g/mol.